The van der Waals surface area contributed by atoms with Gasteiger partial charge in [0.15, 0.2) is 5.82 Å². The molecule has 0 radical (unpaired) electrons. The third kappa shape index (κ3) is 2.86. The molecule has 1 aromatic heterocycles. The van der Waals surface area contributed by atoms with Crippen LogP contribution in [-0.2, 0) is 17.6 Å². The first-order valence-corrected chi connectivity index (χ1v) is 6.30. The van der Waals surface area contributed by atoms with Gasteiger partial charge in [0.25, 0.3) is 0 Å². The second-order valence-electron chi connectivity index (χ2n) is 4.79. The van der Waals surface area contributed by atoms with E-state index in [0.717, 1.165) is 12.8 Å². The van der Waals surface area contributed by atoms with E-state index in [0.29, 0.717) is 17.3 Å². The van der Waals surface area contributed by atoms with Crippen LogP contribution in [0.25, 0.3) is 0 Å². The number of rotatable bonds is 5. The maximum Gasteiger partial charge on any atom is 0.234 e. The summed E-state index contributed by atoms with van der Waals surface area (Å²) in [4.78, 5) is 15.7. The van der Waals surface area contributed by atoms with E-state index < -0.39 is 0 Å². The summed E-state index contributed by atoms with van der Waals surface area (Å²) < 4.78 is 18.5. The highest BCUT2D eigenvalue weighted by molar-refractivity contribution is 5.84. The van der Waals surface area contributed by atoms with Crippen molar-refractivity contribution in [1.82, 2.24) is 10.1 Å². The Labute approximate surface area is 109 Å². The normalized spacial score (nSPS) is 14.6. The topological polar surface area (TPSA) is 56.0 Å². The van der Waals surface area contributed by atoms with Gasteiger partial charge in [-0.3, -0.25) is 4.79 Å². The molecule has 4 nitrogen and oxygen atoms in total. The van der Waals surface area contributed by atoms with E-state index in [9.17, 15) is 9.18 Å². The Morgan fingerprint density at radius 1 is 1.37 bits per heavy atom. The Morgan fingerprint density at radius 3 is 2.89 bits per heavy atom. The minimum absolute atomic E-state index is 0.154. The Hall–Kier alpha value is -2.04. The highest BCUT2D eigenvalue weighted by atomic mass is 19.1. The van der Waals surface area contributed by atoms with Gasteiger partial charge in [-0.1, -0.05) is 23.4 Å². The molecule has 0 amide bonds. The summed E-state index contributed by atoms with van der Waals surface area (Å²) >= 11 is 0. The van der Waals surface area contributed by atoms with Gasteiger partial charge < -0.3 is 4.52 Å². The lowest BCUT2D eigenvalue weighted by Crippen LogP contribution is -2.05. The van der Waals surface area contributed by atoms with E-state index in [1.807, 2.05) is 0 Å². The SMILES string of the molecule is O=C(Cc1nc(Cc2ccccc2F)no1)C1CC1. The highest BCUT2D eigenvalue weighted by Gasteiger charge is 2.30. The molecule has 0 atom stereocenters. The quantitative estimate of drug-likeness (QED) is 0.827. The van der Waals surface area contributed by atoms with Crippen molar-refractivity contribution in [2.45, 2.75) is 25.7 Å². The number of aromatic nitrogens is 2. The van der Waals surface area contributed by atoms with Crippen molar-refractivity contribution in [3.8, 4) is 0 Å². The van der Waals surface area contributed by atoms with E-state index in [1.165, 1.54) is 6.07 Å². The molecular formula is C14H13FN2O2. The summed E-state index contributed by atoms with van der Waals surface area (Å²) in [6.45, 7) is 0. The van der Waals surface area contributed by atoms with E-state index in [2.05, 4.69) is 10.1 Å². The van der Waals surface area contributed by atoms with Crippen LogP contribution in [0.4, 0.5) is 4.39 Å². The van der Waals surface area contributed by atoms with E-state index in [4.69, 9.17) is 4.52 Å². The Bertz CT molecular complexity index is 605. The molecule has 1 saturated carbocycles. The van der Waals surface area contributed by atoms with E-state index in [-0.39, 0.29) is 30.4 Å². The number of nitrogens with zero attached hydrogens (tertiary/aromatic N) is 2. The van der Waals surface area contributed by atoms with Gasteiger partial charge in [0.1, 0.15) is 11.6 Å². The Morgan fingerprint density at radius 2 is 2.16 bits per heavy atom. The molecule has 1 fully saturated rings. The summed E-state index contributed by atoms with van der Waals surface area (Å²) in [5.41, 5.74) is 0.517. The van der Waals surface area contributed by atoms with Crippen LogP contribution >= 0.6 is 0 Å². The lowest BCUT2D eigenvalue weighted by atomic mass is 10.1. The van der Waals surface area contributed by atoms with Crippen LogP contribution < -0.4 is 0 Å². The lowest BCUT2D eigenvalue weighted by molar-refractivity contribution is -0.119. The largest absolute Gasteiger partial charge is 0.339 e. The molecule has 1 aliphatic rings. The Balaban J connectivity index is 1.67. The molecule has 0 unspecified atom stereocenters. The number of hydrogen-bond acceptors (Lipinski definition) is 4. The van der Waals surface area contributed by atoms with Crippen LogP contribution in [0.5, 0.6) is 0 Å². The molecule has 1 heterocycles. The standard InChI is InChI=1S/C14H13FN2O2/c15-11-4-2-1-3-10(11)7-13-16-14(19-17-13)8-12(18)9-5-6-9/h1-4,9H,5-8H2. The summed E-state index contributed by atoms with van der Waals surface area (Å²) in [5.74, 6) is 0.776. The lowest BCUT2D eigenvalue weighted by Gasteiger charge is -1.97. The van der Waals surface area contributed by atoms with Crippen LogP contribution in [0, 0.1) is 11.7 Å². The second-order valence-corrected chi connectivity index (χ2v) is 4.79. The fourth-order valence-electron chi connectivity index (χ4n) is 1.94. The number of benzene rings is 1. The fourth-order valence-corrected chi connectivity index (χ4v) is 1.94. The molecule has 1 aliphatic carbocycles. The summed E-state index contributed by atoms with van der Waals surface area (Å²) in [6.07, 6.45) is 2.40. The predicted molar refractivity (Wildman–Crippen MR) is 64.9 cm³/mol. The van der Waals surface area contributed by atoms with Gasteiger partial charge in [0, 0.05) is 12.3 Å². The van der Waals surface area contributed by atoms with Gasteiger partial charge in [-0.05, 0) is 24.5 Å². The van der Waals surface area contributed by atoms with Crippen molar-refractivity contribution in [2.24, 2.45) is 5.92 Å². The first-order valence-electron chi connectivity index (χ1n) is 6.30. The van der Waals surface area contributed by atoms with Gasteiger partial charge in [-0.25, -0.2) is 4.39 Å². The minimum Gasteiger partial charge on any atom is -0.339 e. The zero-order valence-electron chi connectivity index (χ0n) is 10.3. The molecule has 19 heavy (non-hydrogen) atoms. The van der Waals surface area contributed by atoms with Gasteiger partial charge in [0.05, 0.1) is 6.42 Å². The van der Waals surface area contributed by atoms with Crippen LogP contribution in [0.1, 0.15) is 30.1 Å². The maximum atomic E-state index is 13.5. The number of carbonyl (C=O) groups excluding carboxylic acids is 1. The van der Waals surface area contributed by atoms with Gasteiger partial charge in [0.2, 0.25) is 5.89 Å². The van der Waals surface area contributed by atoms with E-state index in [1.54, 1.807) is 18.2 Å². The van der Waals surface area contributed by atoms with Crippen LogP contribution in [-0.4, -0.2) is 15.9 Å². The van der Waals surface area contributed by atoms with Crippen LogP contribution in [0.2, 0.25) is 0 Å². The molecule has 0 spiro atoms. The van der Waals surface area contributed by atoms with Crippen LogP contribution in [0.15, 0.2) is 28.8 Å². The first-order chi connectivity index (χ1) is 9.22. The zero-order valence-corrected chi connectivity index (χ0v) is 10.3. The van der Waals surface area contributed by atoms with Crippen molar-refractivity contribution >= 4 is 5.78 Å². The summed E-state index contributed by atoms with van der Waals surface area (Å²) in [7, 11) is 0. The van der Waals surface area contributed by atoms with E-state index >= 15 is 0 Å². The number of Topliss-reactive ketones (excluding diaryl/α,β-unsaturated/α-hetero) is 1. The molecule has 98 valence electrons. The average Bonchev–Trinajstić information content (AvgIpc) is 3.16. The smallest absolute Gasteiger partial charge is 0.234 e. The van der Waals surface area contributed by atoms with Crippen molar-refractivity contribution < 1.29 is 13.7 Å². The zero-order chi connectivity index (χ0) is 13.2. The van der Waals surface area contributed by atoms with Crippen molar-refractivity contribution in [3.63, 3.8) is 0 Å². The molecule has 0 aliphatic heterocycles. The van der Waals surface area contributed by atoms with Crippen LogP contribution in [0.3, 0.4) is 0 Å². The molecule has 0 bridgehead atoms. The molecular weight excluding hydrogens is 247 g/mol. The van der Waals surface area contributed by atoms with Gasteiger partial charge in [-0.15, -0.1) is 0 Å². The number of hydrogen-bond donors (Lipinski definition) is 0. The molecule has 0 N–H and O–H groups in total. The van der Waals surface area contributed by atoms with Crippen molar-refractivity contribution in [1.29, 1.82) is 0 Å². The molecule has 5 heteroatoms. The maximum absolute atomic E-state index is 13.5. The monoisotopic (exact) mass is 260 g/mol. The van der Waals surface area contributed by atoms with Gasteiger partial charge in [-0.2, -0.15) is 4.98 Å². The molecule has 2 aromatic rings. The number of carbonyl (C=O) groups is 1. The molecule has 0 saturated heterocycles. The average molecular weight is 260 g/mol. The van der Waals surface area contributed by atoms with Gasteiger partial charge >= 0.3 is 0 Å². The highest BCUT2D eigenvalue weighted by Crippen LogP contribution is 2.30. The van der Waals surface area contributed by atoms with Crippen molar-refractivity contribution in [2.75, 3.05) is 0 Å². The Kier molecular flexibility index (Phi) is 3.11. The minimum atomic E-state index is -0.289. The fraction of sp³-hybridized carbons (Fsp3) is 0.357. The number of halogens is 1. The molecule has 1 aromatic carbocycles. The number of ketones is 1. The first kappa shape index (κ1) is 12.0. The second kappa shape index (κ2) is 4.91. The third-order valence-electron chi connectivity index (χ3n) is 3.17. The summed E-state index contributed by atoms with van der Waals surface area (Å²) in [5, 5.41) is 3.78. The van der Waals surface area contributed by atoms with Crippen molar-refractivity contribution in [3.05, 3.63) is 47.4 Å². The third-order valence-corrected chi connectivity index (χ3v) is 3.17. The summed E-state index contributed by atoms with van der Waals surface area (Å²) in [6, 6.07) is 6.47. The molecule has 3 rings (SSSR count). The predicted octanol–water partition coefficient (Wildman–Crippen LogP) is 2.32.